The number of H-pyrrole nitrogens is 1. The zero-order valence-electron chi connectivity index (χ0n) is 27.3. The highest BCUT2D eigenvalue weighted by atomic mass is 32.2. The van der Waals surface area contributed by atoms with E-state index in [0.29, 0.717) is 31.4 Å². The maximum atomic E-state index is 12.5. The fraction of sp³-hybridized carbons (Fsp3) is 0.531. The molecule has 14 heteroatoms. The number of sulfonamides is 2. The van der Waals surface area contributed by atoms with Crippen LogP contribution in [-0.2, 0) is 32.2 Å². The molecule has 1 unspecified atom stereocenters. The predicted molar refractivity (Wildman–Crippen MR) is 181 cm³/mol. The van der Waals surface area contributed by atoms with Crippen molar-refractivity contribution in [2.45, 2.75) is 55.7 Å². The number of aromatic nitrogens is 1. The number of hydrogen-bond donors (Lipinski definition) is 3. The Morgan fingerprint density at radius 3 is 2.46 bits per heavy atom. The quantitative estimate of drug-likeness (QED) is 0.264. The highest BCUT2D eigenvalue weighted by Crippen LogP contribution is 2.24. The number of likely N-dealkylation sites (tertiary alicyclic amines) is 1. The van der Waals surface area contributed by atoms with Gasteiger partial charge in [0.05, 0.1) is 23.3 Å². The van der Waals surface area contributed by atoms with Crippen molar-refractivity contribution in [3.8, 4) is 5.75 Å². The summed E-state index contributed by atoms with van der Waals surface area (Å²) in [6, 6.07) is 10.3. The van der Waals surface area contributed by atoms with E-state index in [-0.39, 0.29) is 22.1 Å². The lowest BCUT2D eigenvalue weighted by Crippen LogP contribution is -2.40. The number of carbonyl (C=O) groups is 1. The Morgan fingerprint density at radius 1 is 1.07 bits per heavy atom. The van der Waals surface area contributed by atoms with Crippen molar-refractivity contribution in [2.75, 3.05) is 60.5 Å². The van der Waals surface area contributed by atoms with Gasteiger partial charge in [0.15, 0.2) is 0 Å². The molecule has 2 aliphatic rings. The standard InChI is InChI=1S/C17H25N3O2S.C15H23N3O4S/c1-19(2)10-7-15-12-18-17-6-5-14(11-16(15)17)13-23(21,22)20-8-3-4-9-20;1-3-18-8-4-5-11(18)10-17-15(19)13-9-12(23(16,20)21)6-7-14(13)22-2/h5-6,11-12,18H,3-4,7-10,13H2,1-2H3;6-7,9,11H,3-5,8,10H2,1-2H3,(H,17,19)(H2,16,20,21). The van der Waals surface area contributed by atoms with Crippen LogP contribution >= 0.6 is 0 Å². The Kier molecular flexibility index (Phi) is 12.2. The van der Waals surface area contributed by atoms with Gasteiger partial charge in [-0.2, -0.15) is 0 Å². The zero-order valence-corrected chi connectivity index (χ0v) is 28.9. The number of carbonyl (C=O) groups excluding carboxylic acids is 1. The molecule has 1 atom stereocenters. The Bertz CT molecular complexity index is 1700. The van der Waals surface area contributed by atoms with Crippen LogP contribution in [0.3, 0.4) is 0 Å². The number of nitrogens with two attached hydrogens (primary N) is 1. The third kappa shape index (κ3) is 9.29. The van der Waals surface area contributed by atoms with Gasteiger partial charge in [0.25, 0.3) is 5.91 Å². The average Bonchev–Trinajstić information content (AvgIpc) is 3.79. The van der Waals surface area contributed by atoms with E-state index in [1.54, 1.807) is 4.31 Å². The number of rotatable bonds is 12. The molecule has 1 aromatic heterocycles. The van der Waals surface area contributed by atoms with Gasteiger partial charge in [-0.1, -0.05) is 13.0 Å². The number of likely N-dealkylation sites (N-methyl/N-ethyl adjacent to an activating group) is 2. The van der Waals surface area contributed by atoms with Crippen molar-refractivity contribution < 1.29 is 26.4 Å². The molecule has 0 aliphatic carbocycles. The zero-order chi connectivity index (χ0) is 33.5. The first-order valence-corrected chi connectivity index (χ1v) is 18.9. The van der Waals surface area contributed by atoms with Crippen LogP contribution in [0.5, 0.6) is 5.75 Å². The van der Waals surface area contributed by atoms with Crippen LogP contribution in [0.1, 0.15) is 54.1 Å². The summed E-state index contributed by atoms with van der Waals surface area (Å²) in [6.07, 6.45) is 7.11. The molecule has 4 N–H and O–H groups in total. The first-order chi connectivity index (χ1) is 21.8. The molecule has 3 aromatic rings. The molecule has 0 radical (unpaired) electrons. The molecule has 1 amide bonds. The minimum Gasteiger partial charge on any atom is -0.496 e. The minimum atomic E-state index is -3.87. The number of hydrogen-bond acceptors (Lipinski definition) is 8. The predicted octanol–water partition coefficient (Wildman–Crippen LogP) is 2.75. The van der Waals surface area contributed by atoms with Gasteiger partial charge in [-0.25, -0.2) is 26.3 Å². The van der Waals surface area contributed by atoms with Crippen molar-refractivity contribution in [2.24, 2.45) is 5.14 Å². The Balaban J connectivity index is 0.000000209. The van der Waals surface area contributed by atoms with E-state index in [1.807, 2.05) is 24.4 Å². The highest BCUT2D eigenvalue weighted by molar-refractivity contribution is 7.89. The van der Waals surface area contributed by atoms with Gasteiger partial charge in [0.1, 0.15) is 5.75 Å². The van der Waals surface area contributed by atoms with Gasteiger partial charge in [-0.15, -0.1) is 0 Å². The van der Waals surface area contributed by atoms with Crippen LogP contribution in [-0.4, -0.2) is 108 Å². The Morgan fingerprint density at radius 2 is 1.80 bits per heavy atom. The lowest BCUT2D eigenvalue weighted by Gasteiger charge is -2.23. The Labute approximate surface area is 273 Å². The monoisotopic (exact) mass is 676 g/mol. The van der Waals surface area contributed by atoms with Crippen LogP contribution < -0.4 is 15.2 Å². The molecular weight excluding hydrogens is 629 g/mol. The van der Waals surface area contributed by atoms with Crippen molar-refractivity contribution >= 4 is 36.9 Å². The number of primary sulfonamides is 1. The maximum Gasteiger partial charge on any atom is 0.255 e. The summed E-state index contributed by atoms with van der Waals surface area (Å²) < 4.78 is 54.7. The van der Waals surface area contributed by atoms with Crippen molar-refractivity contribution in [1.29, 1.82) is 0 Å². The van der Waals surface area contributed by atoms with Gasteiger partial charge in [-0.05, 0) is 101 Å². The molecule has 12 nitrogen and oxygen atoms in total. The molecule has 0 bridgehead atoms. The molecular formula is C32H48N6O6S2. The van der Waals surface area contributed by atoms with E-state index in [2.05, 4.69) is 41.1 Å². The smallest absolute Gasteiger partial charge is 0.255 e. The highest BCUT2D eigenvalue weighted by Gasteiger charge is 2.26. The van der Waals surface area contributed by atoms with Crippen molar-refractivity contribution in [1.82, 2.24) is 24.4 Å². The fourth-order valence-corrected chi connectivity index (χ4v) is 8.16. The SMILES string of the molecule is CCN1CCCC1CNC(=O)c1cc(S(N)(=O)=O)ccc1OC.CN(C)CCc1c[nH]c2ccc(CS(=O)(=O)N3CCCC3)cc12. The van der Waals surface area contributed by atoms with E-state index in [0.717, 1.165) is 68.2 Å². The number of fused-ring (bicyclic) bond motifs is 1. The molecule has 254 valence electrons. The third-order valence-electron chi connectivity index (χ3n) is 8.62. The molecule has 0 spiro atoms. The number of amides is 1. The molecule has 2 aromatic carbocycles. The second-order valence-electron chi connectivity index (χ2n) is 12.2. The third-order valence-corrected chi connectivity index (χ3v) is 11.4. The van der Waals surface area contributed by atoms with E-state index < -0.39 is 20.0 Å². The van der Waals surface area contributed by atoms with Gasteiger partial charge in [-0.3, -0.25) is 9.69 Å². The van der Waals surface area contributed by atoms with Gasteiger partial charge in [0.2, 0.25) is 20.0 Å². The molecule has 0 saturated carbocycles. The number of nitrogens with one attached hydrogen (secondary N) is 2. The normalized spacial score (nSPS) is 17.7. The fourth-order valence-electron chi connectivity index (χ4n) is 6.02. The summed E-state index contributed by atoms with van der Waals surface area (Å²) in [5.41, 5.74) is 3.35. The summed E-state index contributed by atoms with van der Waals surface area (Å²) in [4.78, 5) is 20.0. The number of nitrogens with zero attached hydrogens (tertiary/aromatic N) is 3. The lowest BCUT2D eigenvalue weighted by molar-refractivity contribution is 0.0938. The topological polar surface area (TPSA) is 158 Å². The Hall–Kier alpha value is -3.01. The summed E-state index contributed by atoms with van der Waals surface area (Å²) in [6.45, 7) is 6.93. The number of aromatic amines is 1. The molecule has 2 aliphatic heterocycles. The molecule has 5 rings (SSSR count). The van der Waals surface area contributed by atoms with E-state index in [4.69, 9.17) is 9.88 Å². The molecule has 3 heterocycles. The van der Waals surface area contributed by atoms with Crippen molar-refractivity contribution in [3.05, 3.63) is 59.3 Å². The molecule has 46 heavy (non-hydrogen) atoms. The summed E-state index contributed by atoms with van der Waals surface area (Å²) in [5.74, 6) is 0.0466. The minimum absolute atomic E-state index is 0.0985. The lowest BCUT2D eigenvalue weighted by atomic mass is 10.1. The second kappa shape index (κ2) is 15.7. The first-order valence-electron chi connectivity index (χ1n) is 15.8. The van der Waals surface area contributed by atoms with Gasteiger partial charge >= 0.3 is 0 Å². The van der Waals surface area contributed by atoms with Crippen LogP contribution in [0, 0.1) is 0 Å². The van der Waals surface area contributed by atoms with E-state index >= 15 is 0 Å². The largest absolute Gasteiger partial charge is 0.496 e. The molecule has 2 saturated heterocycles. The van der Waals surface area contributed by atoms with E-state index in [1.165, 1.54) is 30.9 Å². The number of methoxy groups -OCH3 is 1. The average molecular weight is 677 g/mol. The first kappa shape index (κ1) is 35.8. The van der Waals surface area contributed by atoms with Gasteiger partial charge in [0, 0.05) is 49.3 Å². The van der Waals surface area contributed by atoms with Gasteiger partial charge < -0.3 is 19.9 Å². The summed E-state index contributed by atoms with van der Waals surface area (Å²) in [7, 11) is -1.51. The van der Waals surface area contributed by atoms with Crippen LogP contribution in [0.4, 0.5) is 0 Å². The van der Waals surface area contributed by atoms with Crippen molar-refractivity contribution in [3.63, 3.8) is 0 Å². The van der Waals surface area contributed by atoms with Crippen LogP contribution in [0.15, 0.2) is 47.5 Å². The number of ether oxygens (including phenoxy) is 1. The second-order valence-corrected chi connectivity index (χ2v) is 15.7. The van der Waals surface area contributed by atoms with Crippen LogP contribution in [0.2, 0.25) is 0 Å². The summed E-state index contributed by atoms with van der Waals surface area (Å²) >= 11 is 0. The molecule has 2 fully saturated rings. The summed E-state index contributed by atoms with van der Waals surface area (Å²) in [5, 5.41) is 9.12. The maximum absolute atomic E-state index is 12.5. The van der Waals surface area contributed by atoms with E-state index in [9.17, 15) is 21.6 Å². The van der Waals surface area contributed by atoms with Crippen LogP contribution in [0.25, 0.3) is 10.9 Å². The number of benzene rings is 2.